The molecular formula is C25H25BrN2O4. The van der Waals surface area contributed by atoms with Crippen LogP contribution in [0.1, 0.15) is 35.3 Å². The van der Waals surface area contributed by atoms with E-state index in [0.29, 0.717) is 36.9 Å². The molecule has 0 radical (unpaired) electrons. The van der Waals surface area contributed by atoms with Gasteiger partial charge in [0.25, 0.3) is 5.91 Å². The van der Waals surface area contributed by atoms with Crippen molar-refractivity contribution in [2.24, 2.45) is 5.10 Å². The van der Waals surface area contributed by atoms with E-state index in [1.54, 1.807) is 24.4 Å². The number of halogens is 1. The summed E-state index contributed by atoms with van der Waals surface area (Å²) in [6.07, 6.45) is 1.57. The van der Waals surface area contributed by atoms with Crippen molar-refractivity contribution in [3.63, 3.8) is 0 Å². The van der Waals surface area contributed by atoms with Crippen molar-refractivity contribution in [3.8, 4) is 17.2 Å². The number of carbonyl (C=O) groups is 1. The van der Waals surface area contributed by atoms with Gasteiger partial charge in [-0.25, -0.2) is 5.43 Å². The molecule has 6 nitrogen and oxygen atoms in total. The summed E-state index contributed by atoms with van der Waals surface area (Å²) in [6, 6.07) is 20.6. The van der Waals surface area contributed by atoms with Crippen LogP contribution in [0, 0.1) is 0 Å². The molecule has 0 aliphatic carbocycles. The number of hydrazone groups is 1. The lowest BCUT2D eigenvalue weighted by Crippen LogP contribution is -2.17. The number of rotatable bonds is 10. The molecular weight excluding hydrogens is 472 g/mol. The number of nitrogens with one attached hydrogen (secondary N) is 1. The quantitative estimate of drug-likeness (QED) is 0.293. The standard InChI is InChI=1S/C25H25BrN2O4/c1-3-30-23-13-11-20(15-24(23)31-4-2)25(29)28-27-16-19-10-12-22(21(26)14-19)32-17-18-8-6-5-7-9-18/h5-16H,3-4,17H2,1-2H3,(H,28,29)/b27-16+. The summed E-state index contributed by atoms with van der Waals surface area (Å²) in [5.74, 6) is 1.52. The molecule has 0 aromatic heterocycles. The molecule has 166 valence electrons. The van der Waals surface area contributed by atoms with Crippen LogP contribution in [0.5, 0.6) is 17.2 Å². The van der Waals surface area contributed by atoms with Gasteiger partial charge in [0.2, 0.25) is 0 Å². The van der Waals surface area contributed by atoms with Gasteiger partial charge in [0, 0.05) is 5.56 Å². The molecule has 0 heterocycles. The van der Waals surface area contributed by atoms with E-state index in [9.17, 15) is 4.79 Å². The van der Waals surface area contributed by atoms with Crippen molar-refractivity contribution < 1.29 is 19.0 Å². The first-order valence-electron chi connectivity index (χ1n) is 10.3. The fraction of sp³-hybridized carbons (Fsp3) is 0.200. The Balaban J connectivity index is 1.60. The smallest absolute Gasteiger partial charge is 0.271 e. The highest BCUT2D eigenvalue weighted by atomic mass is 79.9. The first-order valence-corrected chi connectivity index (χ1v) is 11.1. The highest BCUT2D eigenvalue weighted by Crippen LogP contribution is 2.29. The van der Waals surface area contributed by atoms with Crippen molar-refractivity contribution in [1.82, 2.24) is 5.43 Å². The Bertz CT molecular complexity index is 1070. The largest absolute Gasteiger partial charge is 0.490 e. The molecule has 0 atom stereocenters. The normalized spacial score (nSPS) is 10.7. The average Bonchev–Trinajstić information content (AvgIpc) is 2.80. The van der Waals surface area contributed by atoms with Crippen LogP contribution >= 0.6 is 15.9 Å². The van der Waals surface area contributed by atoms with E-state index >= 15 is 0 Å². The number of benzene rings is 3. The second-order valence-corrected chi connectivity index (χ2v) is 7.55. The molecule has 0 saturated heterocycles. The summed E-state index contributed by atoms with van der Waals surface area (Å²) < 4.78 is 17.7. The van der Waals surface area contributed by atoms with Crippen LogP contribution in [0.15, 0.2) is 76.3 Å². The highest BCUT2D eigenvalue weighted by Gasteiger charge is 2.11. The highest BCUT2D eigenvalue weighted by molar-refractivity contribution is 9.10. The van der Waals surface area contributed by atoms with E-state index in [4.69, 9.17) is 14.2 Å². The fourth-order valence-corrected chi connectivity index (χ4v) is 3.38. The topological polar surface area (TPSA) is 69.2 Å². The number of ether oxygens (including phenoxy) is 3. The van der Waals surface area contributed by atoms with E-state index in [0.717, 1.165) is 21.3 Å². The minimum atomic E-state index is -0.341. The van der Waals surface area contributed by atoms with Gasteiger partial charge in [0.15, 0.2) is 11.5 Å². The SMILES string of the molecule is CCOc1ccc(C(=O)N/N=C/c2ccc(OCc3ccccc3)c(Br)c2)cc1OCC. The Morgan fingerprint density at radius 2 is 1.62 bits per heavy atom. The maximum absolute atomic E-state index is 12.5. The lowest BCUT2D eigenvalue weighted by atomic mass is 10.2. The van der Waals surface area contributed by atoms with Crippen LogP contribution in [0.2, 0.25) is 0 Å². The zero-order chi connectivity index (χ0) is 22.8. The van der Waals surface area contributed by atoms with Crippen LogP contribution in [-0.4, -0.2) is 25.3 Å². The van der Waals surface area contributed by atoms with Gasteiger partial charge < -0.3 is 14.2 Å². The van der Waals surface area contributed by atoms with Crippen molar-refractivity contribution in [1.29, 1.82) is 0 Å². The second kappa shape index (κ2) is 11.9. The van der Waals surface area contributed by atoms with E-state index in [2.05, 4.69) is 26.5 Å². The van der Waals surface area contributed by atoms with Crippen LogP contribution in [0.25, 0.3) is 0 Å². The number of hydrogen-bond acceptors (Lipinski definition) is 5. The van der Waals surface area contributed by atoms with E-state index in [1.165, 1.54) is 0 Å². The molecule has 0 bridgehead atoms. The molecule has 0 spiro atoms. The number of nitrogens with zero attached hydrogens (tertiary/aromatic N) is 1. The number of hydrogen-bond donors (Lipinski definition) is 1. The monoisotopic (exact) mass is 496 g/mol. The number of carbonyl (C=O) groups excluding carboxylic acids is 1. The summed E-state index contributed by atoms with van der Waals surface area (Å²) in [6.45, 7) is 5.24. The first-order chi connectivity index (χ1) is 15.6. The summed E-state index contributed by atoms with van der Waals surface area (Å²) in [4.78, 5) is 12.5. The van der Waals surface area contributed by atoms with Gasteiger partial charge in [0.05, 0.1) is 23.9 Å². The molecule has 7 heteroatoms. The molecule has 0 aliphatic heterocycles. The Kier molecular flexibility index (Phi) is 8.69. The Labute approximate surface area is 196 Å². The third-order valence-corrected chi connectivity index (χ3v) is 5.00. The van der Waals surface area contributed by atoms with E-state index in [-0.39, 0.29) is 5.91 Å². The maximum atomic E-state index is 12.5. The van der Waals surface area contributed by atoms with Gasteiger partial charge >= 0.3 is 0 Å². The molecule has 3 aromatic rings. The molecule has 3 aromatic carbocycles. The second-order valence-electron chi connectivity index (χ2n) is 6.69. The third-order valence-electron chi connectivity index (χ3n) is 4.38. The van der Waals surface area contributed by atoms with Gasteiger partial charge in [-0.2, -0.15) is 5.10 Å². The van der Waals surface area contributed by atoms with Crippen LogP contribution in [0.4, 0.5) is 0 Å². The minimum Gasteiger partial charge on any atom is -0.490 e. The van der Waals surface area contributed by atoms with Crippen molar-refractivity contribution >= 4 is 28.1 Å². The van der Waals surface area contributed by atoms with E-state index < -0.39 is 0 Å². The minimum absolute atomic E-state index is 0.341. The fourth-order valence-electron chi connectivity index (χ4n) is 2.87. The van der Waals surface area contributed by atoms with Crippen molar-refractivity contribution in [2.75, 3.05) is 13.2 Å². The van der Waals surface area contributed by atoms with Gasteiger partial charge in [0.1, 0.15) is 12.4 Å². The maximum Gasteiger partial charge on any atom is 0.271 e. The molecule has 0 unspecified atom stereocenters. The van der Waals surface area contributed by atoms with Gasteiger partial charge in [-0.05, 0) is 77.3 Å². The van der Waals surface area contributed by atoms with Crippen molar-refractivity contribution in [3.05, 3.63) is 87.9 Å². The third kappa shape index (κ3) is 6.59. The lowest BCUT2D eigenvalue weighted by Gasteiger charge is -2.11. The molecule has 0 aliphatic rings. The Hall–Kier alpha value is -3.32. The molecule has 1 amide bonds. The van der Waals surface area contributed by atoms with Gasteiger partial charge in [-0.1, -0.05) is 30.3 Å². The Morgan fingerprint density at radius 3 is 2.34 bits per heavy atom. The van der Waals surface area contributed by atoms with Gasteiger partial charge in [-0.3, -0.25) is 4.79 Å². The zero-order valence-corrected chi connectivity index (χ0v) is 19.6. The summed E-state index contributed by atoms with van der Waals surface area (Å²) in [7, 11) is 0. The average molecular weight is 497 g/mol. The number of amides is 1. The summed E-state index contributed by atoms with van der Waals surface area (Å²) in [5.41, 5.74) is 4.87. The molecule has 1 N–H and O–H groups in total. The van der Waals surface area contributed by atoms with Crippen LogP contribution < -0.4 is 19.6 Å². The summed E-state index contributed by atoms with van der Waals surface area (Å²) >= 11 is 3.52. The Morgan fingerprint density at radius 1 is 0.906 bits per heavy atom. The van der Waals surface area contributed by atoms with Crippen LogP contribution in [0.3, 0.4) is 0 Å². The molecule has 3 rings (SSSR count). The zero-order valence-electron chi connectivity index (χ0n) is 18.0. The summed E-state index contributed by atoms with van der Waals surface area (Å²) in [5, 5.41) is 4.06. The van der Waals surface area contributed by atoms with Crippen molar-refractivity contribution in [2.45, 2.75) is 20.5 Å². The molecule has 32 heavy (non-hydrogen) atoms. The van der Waals surface area contributed by atoms with E-state index in [1.807, 2.05) is 62.4 Å². The predicted molar refractivity (Wildman–Crippen MR) is 129 cm³/mol. The lowest BCUT2D eigenvalue weighted by molar-refractivity contribution is 0.0954. The molecule has 0 saturated carbocycles. The molecule has 0 fully saturated rings. The van der Waals surface area contributed by atoms with Crippen LogP contribution in [-0.2, 0) is 6.61 Å². The first kappa shape index (κ1) is 23.3. The van der Waals surface area contributed by atoms with Gasteiger partial charge in [-0.15, -0.1) is 0 Å². The predicted octanol–water partition coefficient (Wildman–Crippen LogP) is 5.59.